The highest BCUT2D eigenvalue weighted by atomic mass is 19.1. The van der Waals surface area contributed by atoms with Gasteiger partial charge in [-0.15, -0.1) is 0 Å². The molecule has 100 valence electrons. The minimum Gasteiger partial charge on any atom is -0.497 e. The molecule has 1 N–H and O–H groups in total. The van der Waals surface area contributed by atoms with Crippen molar-refractivity contribution in [1.82, 2.24) is 0 Å². The van der Waals surface area contributed by atoms with Crippen LogP contribution in [0.2, 0.25) is 0 Å². The molecule has 0 heterocycles. The van der Waals surface area contributed by atoms with Gasteiger partial charge in [-0.3, -0.25) is 0 Å². The average Bonchev–Trinajstić information content (AvgIpc) is 2.40. The smallest absolute Gasteiger partial charge is 0.128 e. The number of hydrogen-bond acceptors (Lipinski definition) is 2. The second-order valence-electron chi connectivity index (χ2n) is 4.27. The summed E-state index contributed by atoms with van der Waals surface area (Å²) in [5.74, 6) is -0.0929. The Morgan fingerprint density at radius 3 is 2.58 bits per heavy atom. The highest BCUT2D eigenvalue weighted by Crippen LogP contribution is 2.22. The molecule has 0 radical (unpaired) electrons. The lowest BCUT2D eigenvalue weighted by Crippen LogP contribution is -2.03. The molecule has 0 fully saturated rings. The Kier molecular flexibility index (Phi) is 4.00. The van der Waals surface area contributed by atoms with Gasteiger partial charge in [0.2, 0.25) is 0 Å². The maximum atomic E-state index is 13.5. The molecule has 0 aromatic heterocycles. The molecule has 0 aliphatic carbocycles. The highest BCUT2D eigenvalue weighted by molar-refractivity contribution is 5.53. The van der Waals surface area contributed by atoms with Gasteiger partial charge in [-0.1, -0.05) is 0 Å². The first-order valence-corrected chi connectivity index (χ1v) is 5.92. The van der Waals surface area contributed by atoms with Crippen LogP contribution in [0.5, 0.6) is 5.75 Å². The Morgan fingerprint density at radius 1 is 1.11 bits per heavy atom. The fourth-order valence-electron chi connectivity index (χ4n) is 1.83. The lowest BCUT2D eigenvalue weighted by molar-refractivity contribution is 0.414. The number of methoxy groups -OCH3 is 1. The van der Waals surface area contributed by atoms with Crippen LogP contribution in [-0.2, 0) is 6.54 Å². The normalized spacial score (nSPS) is 10.3. The number of ether oxygens (including phenoxy) is 1. The maximum Gasteiger partial charge on any atom is 0.128 e. The quantitative estimate of drug-likeness (QED) is 0.903. The summed E-state index contributed by atoms with van der Waals surface area (Å²) in [6, 6.07) is 8.98. The van der Waals surface area contributed by atoms with E-state index in [4.69, 9.17) is 4.74 Å². The first-order valence-electron chi connectivity index (χ1n) is 5.92. The molecule has 0 spiro atoms. The van der Waals surface area contributed by atoms with Crippen molar-refractivity contribution in [3.05, 3.63) is 59.2 Å². The Hall–Kier alpha value is -2.10. The zero-order valence-electron chi connectivity index (χ0n) is 10.8. The molecule has 0 aliphatic rings. The van der Waals surface area contributed by atoms with Gasteiger partial charge in [0.15, 0.2) is 0 Å². The largest absolute Gasteiger partial charge is 0.497 e. The molecule has 4 heteroatoms. The Balaban J connectivity index is 2.12. The zero-order valence-corrected chi connectivity index (χ0v) is 10.8. The second kappa shape index (κ2) is 5.69. The third kappa shape index (κ3) is 3.22. The van der Waals surface area contributed by atoms with Crippen molar-refractivity contribution >= 4 is 5.69 Å². The van der Waals surface area contributed by atoms with E-state index in [1.807, 2.05) is 25.1 Å². The van der Waals surface area contributed by atoms with Gasteiger partial charge in [-0.2, -0.15) is 0 Å². The van der Waals surface area contributed by atoms with Gasteiger partial charge in [-0.25, -0.2) is 8.78 Å². The number of rotatable bonds is 4. The topological polar surface area (TPSA) is 21.3 Å². The third-order valence-electron chi connectivity index (χ3n) is 2.91. The lowest BCUT2D eigenvalue weighted by Gasteiger charge is -2.11. The van der Waals surface area contributed by atoms with Crippen molar-refractivity contribution in [3.8, 4) is 5.75 Å². The number of aryl methyl sites for hydroxylation is 1. The molecule has 2 aromatic rings. The number of halogens is 2. The first-order chi connectivity index (χ1) is 9.10. The van der Waals surface area contributed by atoms with E-state index in [1.165, 1.54) is 6.07 Å². The average molecular weight is 263 g/mol. The van der Waals surface area contributed by atoms with E-state index in [2.05, 4.69) is 5.32 Å². The minimum atomic E-state index is -0.440. The molecule has 0 amide bonds. The molecule has 0 saturated heterocycles. The molecule has 0 saturated carbocycles. The fourth-order valence-corrected chi connectivity index (χ4v) is 1.83. The van der Waals surface area contributed by atoms with Crippen LogP contribution in [0.15, 0.2) is 36.4 Å². The summed E-state index contributed by atoms with van der Waals surface area (Å²) in [5, 5.41) is 3.09. The number of anilines is 1. The molecule has 2 nitrogen and oxygen atoms in total. The second-order valence-corrected chi connectivity index (χ2v) is 4.27. The number of nitrogens with one attached hydrogen (secondary N) is 1. The van der Waals surface area contributed by atoms with Crippen LogP contribution in [0.4, 0.5) is 14.5 Å². The summed E-state index contributed by atoms with van der Waals surface area (Å²) < 4.78 is 31.6. The van der Waals surface area contributed by atoms with Crippen molar-refractivity contribution in [1.29, 1.82) is 0 Å². The molecule has 2 aromatic carbocycles. The molecule has 0 aliphatic heterocycles. The van der Waals surface area contributed by atoms with Crippen LogP contribution in [0, 0.1) is 18.6 Å². The monoisotopic (exact) mass is 263 g/mol. The van der Waals surface area contributed by atoms with Crippen LogP contribution in [0.25, 0.3) is 0 Å². The summed E-state index contributed by atoms with van der Waals surface area (Å²) >= 11 is 0. The fraction of sp³-hybridized carbons (Fsp3) is 0.200. The van der Waals surface area contributed by atoms with E-state index in [1.54, 1.807) is 7.11 Å². The molecule has 2 rings (SSSR count). The van der Waals surface area contributed by atoms with Crippen molar-refractivity contribution in [2.45, 2.75) is 13.5 Å². The third-order valence-corrected chi connectivity index (χ3v) is 2.91. The number of hydrogen-bond donors (Lipinski definition) is 1. The van der Waals surface area contributed by atoms with Gasteiger partial charge < -0.3 is 10.1 Å². The van der Waals surface area contributed by atoms with Crippen LogP contribution < -0.4 is 10.1 Å². The predicted octanol–water partition coefficient (Wildman–Crippen LogP) is 3.89. The van der Waals surface area contributed by atoms with E-state index in [9.17, 15) is 8.78 Å². The Morgan fingerprint density at radius 2 is 1.89 bits per heavy atom. The summed E-state index contributed by atoms with van der Waals surface area (Å²) in [5.41, 5.74) is 2.15. The Labute approximate surface area is 111 Å². The van der Waals surface area contributed by atoms with Crippen molar-refractivity contribution < 1.29 is 13.5 Å². The first kappa shape index (κ1) is 13.3. The highest BCUT2D eigenvalue weighted by Gasteiger charge is 2.05. The van der Waals surface area contributed by atoms with Crippen molar-refractivity contribution in [2.75, 3.05) is 12.4 Å². The van der Waals surface area contributed by atoms with Gasteiger partial charge in [0.25, 0.3) is 0 Å². The SMILES string of the molecule is COc1ccc(NCc2cc(F)ccc2F)c(C)c1. The van der Waals surface area contributed by atoms with Gasteiger partial charge in [0, 0.05) is 17.8 Å². The molecular formula is C15H15F2NO. The Bertz CT molecular complexity index is 584. The van der Waals surface area contributed by atoms with Crippen LogP contribution in [0.1, 0.15) is 11.1 Å². The van der Waals surface area contributed by atoms with E-state index in [0.29, 0.717) is 5.56 Å². The summed E-state index contributed by atoms with van der Waals surface area (Å²) in [4.78, 5) is 0. The van der Waals surface area contributed by atoms with Crippen LogP contribution in [-0.4, -0.2) is 7.11 Å². The van der Waals surface area contributed by atoms with Crippen molar-refractivity contribution in [2.24, 2.45) is 0 Å². The van der Waals surface area contributed by atoms with E-state index >= 15 is 0 Å². The van der Waals surface area contributed by atoms with Gasteiger partial charge in [-0.05, 0) is 48.9 Å². The molecular weight excluding hydrogens is 248 g/mol. The zero-order chi connectivity index (χ0) is 13.8. The maximum absolute atomic E-state index is 13.5. The molecule has 0 unspecified atom stereocenters. The molecule has 0 atom stereocenters. The van der Waals surface area contributed by atoms with E-state index in [0.717, 1.165) is 29.1 Å². The predicted molar refractivity (Wildman–Crippen MR) is 71.4 cm³/mol. The summed E-state index contributed by atoms with van der Waals surface area (Å²) in [6.45, 7) is 2.16. The summed E-state index contributed by atoms with van der Waals surface area (Å²) in [7, 11) is 1.60. The van der Waals surface area contributed by atoms with Crippen LogP contribution in [0.3, 0.4) is 0 Å². The number of benzene rings is 2. The van der Waals surface area contributed by atoms with E-state index in [-0.39, 0.29) is 6.54 Å². The minimum absolute atomic E-state index is 0.233. The van der Waals surface area contributed by atoms with Gasteiger partial charge >= 0.3 is 0 Å². The standard InChI is InChI=1S/C15H15F2NO/c1-10-7-13(19-2)4-6-15(10)18-9-11-8-12(16)3-5-14(11)17/h3-8,18H,9H2,1-2H3. The lowest BCUT2D eigenvalue weighted by atomic mass is 10.1. The summed E-state index contributed by atoms with van der Waals surface area (Å²) in [6.07, 6.45) is 0. The molecule has 0 bridgehead atoms. The van der Waals surface area contributed by atoms with E-state index < -0.39 is 11.6 Å². The van der Waals surface area contributed by atoms with Gasteiger partial charge in [0.1, 0.15) is 17.4 Å². The van der Waals surface area contributed by atoms with Crippen LogP contribution >= 0.6 is 0 Å². The van der Waals surface area contributed by atoms with Gasteiger partial charge in [0.05, 0.1) is 7.11 Å². The van der Waals surface area contributed by atoms with Crippen molar-refractivity contribution in [3.63, 3.8) is 0 Å². The molecule has 19 heavy (non-hydrogen) atoms.